The Labute approximate surface area is 135 Å². The summed E-state index contributed by atoms with van der Waals surface area (Å²) in [5, 5.41) is 3.21. The number of nitrogens with one attached hydrogen (secondary N) is 2. The first-order chi connectivity index (χ1) is 10.9. The fraction of sp³-hybridized carbons (Fsp3) is 0.500. The number of imide groups is 1. The summed E-state index contributed by atoms with van der Waals surface area (Å²) in [6.45, 7) is 3.66. The SMILES string of the molecule is CC(C)(C)C(=O)N[C@]1(C(F)(F)F)NC(=O)N(Cc2ccco2)C1=O. The summed E-state index contributed by atoms with van der Waals surface area (Å²) in [5.41, 5.74) is -4.70. The summed E-state index contributed by atoms with van der Waals surface area (Å²) in [5.74, 6) is -2.53. The van der Waals surface area contributed by atoms with Crippen LogP contribution in [0.1, 0.15) is 26.5 Å². The second kappa shape index (κ2) is 5.53. The van der Waals surface area contributed by atoms with Crippen LogP contribution in [0.25, 0.3) is 0 Å². The number of rotatable bonds is 3. The molecule has 0 saturated carbocycles. The van der Waals surface area contributed by atoms with E-state index in [9.17, 15) is 27.6 Å². The Bertz CT molecular complexity index is 664. The summed E-state index contributed by atoms with van der Waals surface area (Å²) in [4.78, 5) is 36.6. The Morgan fingerprint density at radius 3 is 2.42 bits per heavy atom. The molecule has 1 aromatic heterocycles. The second-order valence-electron chi connectivity index (χ2n) is 6.35. The Morgan fingerprint density at radius 2 is 1.96 bits per heavy atom. The van der Waals surface area contributed by atoms with Gasteiger partial charge in [0.25, 0.3) is 11.6 Å². The lowest BCUT2D eigenvalue weighted by atomic mass is 9.94. The van der Waals surface area contributed by atoms with Gasteiger partial charge in [-0.3, -0.25) is 19.8 Å². The minimum Gasteiger partial charge on any atom is -0.467 e. The largest absolute Gasteiger partial charge is 0.467 e. The molecule has 7 nitrogen and oxygen atoms in total. The van der Waals surface area contributed by atoms with E-state index in [1.807, 2.05) is 0 Å². The molecule has 0 radical (unpaired) electrons. The van der Waals surface area contributed by atoms with E-state index in [0.717, 1.165) is 0 Å². The highest BCUT2D eigenvalue weighted by Gasteiger charge is 2.69. The lowest BCUT2D eigenvalue weighted by Crippen LogP contribution is -2.70. The van der Waals surface area contributed by atoms with Crippen LogP contribution >= 0.6 is 0 Å². The van der Waals surface area contributed by atoms with E-state index in [1.54, 1.807) is 10.6 Å². The molecule has 1 aliphatic rings. The molecule has 10 heteroatoms. The third-order valence-corrected chi connectivity index (χ3v) is 3.41. The highest BCUT2D eigenvalue weighted by Crippen LogP contribution is 2.35. The van der Waals surface area contributed by atoms with Crippen LogP contribution in [-0.4, -0.2) is 34.6 Å². The van der Waals surface area contributed by atoms with Crippen LogP contribution in [-0.2, 0) is 16.1 Å². The number of amides is 4. The normalized spacial score (nSPS) is 21.8. The van der Waals surface area contributed by atoms with Crippen molar-refractivity contribution in [1.29, 1.82) is 0 Å². The first kappa shape index (κ1) is 17.8. The monoisotopic (exact) mass is 347 g/mol. The van der Waals surface area contributed by atoms with E-state index in [0.29, 0.717) is 4.90 Å². The minimum absolute atomic E-state index is 0.124. The van der Waals surface area contributed by atoms with Gasteiger partial charge in [-0.1, -0.05) is 20.8 Å². The molecule has 1 aliphatic heterocycles. The van der Waals surface area contributed by atoms with Gasteiger partial charge in [0.2, 0.25) is 5.91 Å². The molecule has 1 saturated heterocycles. The van der Waals surface area contributed by atoms with Crippen molar-refractivity contribution in [2.45, 2.75) is 39.2 Å². The molecule has 1 atom stereocenters. The Hall–Kier alpha value is -2.52. The van der Waals surface area contributed by atoms with E-state index in [4.69, 9.17) is 4.42 Å². The van der Waals surface area contributed by atoms with Crippen molar-refractivity contribution in [2.24, 2.45) is 5.41 Å². The predicted molar refractivity (Wildman–Crippen MR) is 74.2 cm³/mol. The molecule has 2 rings (SSSR count). The fourth-order valence-corrected chi connectivity index (χ4v) is 1.98. The minimum atomic E-state index is -5.22. The maximum Gasteiger partial charge on any atom is 0.440 e. The maximum atomic E-state index is 13.5. The summed E-state index contributed by atoms with van der Waals surface area (Å²) < 4.78 is 45.6. The molecule has 24 heavy (non-hydrogen) atoms. The smallest absolute Gasteiger partial charge is 0.440 e. The summed E-state index contributed by atoms with van der Waals surface area (Å²) >= 11 is 0. The van der Waals surface area contributed by atoms with Gasteiger partial charge in [0.05, 0.1) is 12.8 Å². The van der Waals surface area contributed by atoms with Gasteiger partial charge in [0, 0.05) is 5.41 Å². The average Bonchev–Trinajstić information content (AvgIpc) is 3.00. The topological polar surface area (TPSA) is 91.7 Å². The van der Waals surface area contributed by atoms with Crippen LogP contribution in [0.4, 0.5) is 18.0 Å². The van der Waals surface area contributed by atoms with Crippen molar-refractivity contribution in [3.8, 4) is 0 Å². The van der Waals surface area contributed by atoms with Crippen molar-refractivity contribution in [3.05, 3.63) is 24.2 Å². The van der Waals surface area contributed by atoms with E-state index in [-0.39, 0.29) is 5.76 Å². The van der Waals surface area contributed by atoms with Crippen LogP contribution < -0.4 is 10.6 Å². The molecular weight excluding hydrogens is 331 g/mol. The molecule has 0 unspecified atom stereocenters. The van der Waals surface area contributed by atoms with Crippen LogP contribution in [0.15, 0.2) is 22.8 Å². The number of hydrogen-bond donors (Lipinski definition) is 2. The van der Waals surface area contributed by atoms with Gasteiger partial charge in [-0.25, -0.2) is 4.79 Å². The highest BCUT2D eigenvalue weighted by molar-refractivity contribution is 6.09. The number of carbonyl (C=O) groups is 3. The third kappa shape index (κ3) is 2.95. The Morgan fingerprint density at radius 1 is 1.33 bits per heavy atom. The van der Waals surface area contributed by atoms with E-state index >= 15 is 0 Å². The molecule has 1 fully saturated rings. The molecule has 0 spiro atoms. The van der Waals surface area contributed by atoms with Crippen molar-refractivity contribution < 1.29 is 32.0 Å². The summed E-state index contributed by atoms with van der Waals surface area (Å²) in [6, 6.07) is 1.59. The van der Waals surface area contributed by atoms with Crippen molar-refractivity contribution in [3.63, 3.8) is 0 Å². The number of halogens is 3. The first-order valence-corrected chi connectivity index (χ1v) is 6.94. The number of hydrogen-bond acceptors (Lipinski definition) is 4. The molecule has 0 aliphatic carbocycles. The van der Waals surface area contributed by atoms with Gasteiger partial charge >= 0.3 is 12.2 Å². The Kier molecular flexibility index (Phi) is 4.11. The average molecular weight is 347 g/mol. The molecular formula is C14H16F3N3O4. The quantitative estimate of drug-likeness (QED) is 0.815. The number of carbonyl (C=O) groups excluding carboxylic acids is 3. The molecule has 4 amide bonds. The van der Waals surface area contributed by atoms with Crippen LogP contribution in [0, 0.1) is 5.41 Å². The van der Waals surface area contributed by atoms with E-state index in [2.05, 4.69) is 0 Å². The van der Waals surface area contributed by atoms with Crippen LogP contribution in [0.2, 0.25) is 0 Å². The van der Waals surface area contributed by atoms with Gasteiger partial charge in [0.1, 0.15) is 5.76 Å². The lowest BCUT2D eigenvalue weighted by molar-refractivity contribution is -0.205. The fourth-order valence-electron chi connectivity index (χ4n) is 1.98. The Balaban J connectivity index is 2.37. The zero-order valence-corrected chi connectivity index (χ0v) is 13.2. The van der Waals surface area contributed by atoms with Crippen molar-refractivity contribution in [1.82, 2.24) is 15.5 Å². The lowest BCUT2D eigenvalue weighted by Gasteiger charge is -2.32. The van der Waals surface area contributed by atoms with Gasteiger partial charge in [-0.15, -0.1) is 0 Å². The standard InChI is InChI=1S/C14H16F3N3O4/c1-12(2,3)9(21)18-13(14(15,16)17)10(22)20(11(23)19-13)7-8-5-4-6-24-8/h4-6H,7H2,1-3H3,(H,18,21)(H,19,23)/t13-/m0/s1. The van der Waals surface area contributed by atoms with Crippen molar-refractivity contribution in [2.75, 3.05) is 0 Å². The van der Waals surface area contributed by atoms with Gasteiger partial charge in [-0.05, 0) is 12.1 Å². The molecule has 2 heterocycles. The maximum absolute atomic E-state index is 13.5. The van der Waals surface area contributed by atoms with Gasteiger partial charge < -0.3 is 9.73 Å². The zero-order valence-electron chi connectivity index (χ0n) is 13.2. The molecule has 2 N–H and O–H groups in total. The molecule has 132 valence electrons. The predicted octanol–water partition coefficient (Wildman–Crippen LogP) is 1.75. The van der Waals surface area contributed by atoms with Crippen LogP contribution in [0.3, 0.4) is 0 Å². The second-order valence-corrected chi connectivity index (χ2v) is 6.35. The number of furan rings is 1. The van der Waals surface area contributed by atoms with E-state index in [1.165, 1.54) is 39.2 Å². The van der Waals surface area contributed by atoms with E-state index < -0.39 is 41.6 Å². The summed E-state index contributed by atoms with van der Waals surface area (Å²) in [7, 11) is 0. The third-order valence-electron chi connectivity index (χ3n) is 3.41. The molecule has 1 aromatic rings. The molecule has 0 bridgehead atoms. The van der Waals surface area contributed by atoms with Gasteiger partial charge in [-0.2, -0.15) is 13.2 Å². The first-order valence-electron chi connectivity index (χ1n) is 6.94. The number of urea groups is 1. The summed E-state index contributed by atoms with van der Waals surface area (Å²) in [6.07, 6.45) is -3.97. The van der Waals surface area contributed by atoms with Crippen molar-refractivity contribution >= 4 is 17.8 Å². The van der Waals surface area contributed by atoms with Crippen LogP contribution in [0.5, 0.6) is 0 Å². The number of nitrogens with zero attached hydrogens (tertiary/aromatic N) is 1. The molecule has 0 aromatic carbocycles. The van der Waals surface area contributed by atoms with Gasteiger partial charge in [0.15, 0.2) is 0 Å². The zero-order chi connectivity index (χ0) is 18.3. The number of alkyl halides is 3. The highest BCUT2D eigenvalue weighted by atomic mass is 19.4.